The number of aromatic nitrogens is 3. The minimum atomic E-state index is 0.285. The molecular formula is C22H26ClN5O. The molecule has 1 N–H and O–H groups in total. The molecule has 0 atom stereocenters. The van der Waals surface area contributed by atoms with Crippen molar-refractivity contribution in [2.24, 2.45) is 0 Å². The van der Waals surface area contributed by atoms with Crippen molar-refractivity contribution < 1.29 is 4.74 Å². The third kappa shape index (κ3) is 3.97. The van der Waals surface area contributed by atoms with Gasteiger partial charge >= 0.3 is 0 Å². The summed E-state index contributed by atoms with van der Waals surface area (Å²) in [6, 6.07) is 13.4. The molecule has 1 saturated carbocycles. The summed E-state index contributed by atoms with van der Waals surface area (Å²) < 4.78 is 7.63. The summed E-state index contributed by atoms with van der Waals surface area (Å²) in [5, 5.41) is 3.97. The smallest absolute Gasteiger partial charge is 0.225 e. The van der Waals surface area contributed by atoms with E-state index < -0.39 is 0 Å². The number of benzene rings is 1. The van der Waals surface area contributed by atoms with Crippen molar-refractivity contribution in [3.63, 3.8) is 0 Å². The Hall–Kier alpha value is -2.15. The fourth-order valence-electron chi connectivity index (χ4n) is 4.64. The SMILES string of the molecule is Clc1nc(NC2CCC(N3CCOCC3)CC2)c2c(ccn2-c2ccccc2)n1. The molecule has 0 spiro atoms. The topological polar surface area (TPSA) is 55.2 Å². The number of halogens is 1. The van der Waals surface area contributed by atoms with Gasteiger partial charge in [-0.15, -0.1) is 0 Å². The molecule has 0 amide bonds. The minimum Gasteiger partial charge on any atom is -0.379 e. The average Bonchev–Trinajstić information content (AvgIpc) is 3.19. The fourth-order valence-corrected chi connectivity index (χ4v) is 4.82. The van der Waals surface area contributed by atoms with Crippen LogP contribution in [0.15, 0.2) is 42.6 Å². The van der Waals surface area contributed by atoms with Gasteiger partial charge in [0.2, 0.25) is 5.28 Å². The Morgan fingerprint density at radius 2 is 1.72 bits per heavy atom. The Morgan fingerprint density at radius 3 is 2.48 bits per heavy atom. The Balaban J connectivity index is 1.36. The van der Waals surface area contributed by atoms with Crippen molar-refractivity contribution in [2.75, 3.05) is 31.6 Å². The second-order valence-corrected chi connectivity index (χ2v) is 8.23. The van der Waals surface area contributed by atoms with E-state index in [1.54, 1.807) is 0 Å². The number of hydrogen-bond donors (Lipinski definition) is 1. The largest absolute Gasteiger partial charge is 0.379 e. The predicted octanol–water partition coefficient (Wildman–Crippen LogP) is 4.13. The maximum atomic E-state index is 6.23. The van der Waals surface area contributed by atoms with Gasteiger partial charge in [0.1, 0.15) is 5.52 Å². The lowest BCUT2D eigenvalue weighted by molar-refractivity contribution is 0.00791. The summed E-state index contributed by atoms with van der Waals surface area (Å²) in [5.74, 6) is 0.823. The van der Waals surface area contributed by atoms with E-state index in [9.17, 15) is 0 Å². The Labute approximate surface area is 175 Å². The quantitative estimate of drug-likeness (QED) is 0.654. The van der Waals surface area contributed by atoms with Crippen LogP contribution in [0, 0.1) is 0 Å². The molecule has 6 nitrogen and oxygen atoms in total. The lowest BCUT2D eigenvalue weighted by Crippen LogP contribution is -2.46. The zero-order valence-corrected chi connectivity index (χ0v) is 17.2. The van der Waals surface area contributed by atoms with E-state index >= 15 is 0 Å². The number of nitrogens with one attached hydrogen (secondary N) is 1. The molecule has 2 fully saturated rings. The molecule has 3 aromatic rings. The van der Waals surface area contributed by atoms with Gasteiger partial charge in [-0.1, -0.05) is 18.2 Å². The predicted molar refractivity (Wildman–Crippen MR) is 116 cm³/mol. The van der Waals surface area contributed by atoms with Gasteiger partial charge in [0.05, 0.1) is 18.7 Å². The molecular weight excluding hydrogens is 386 g/mol. The van der Waals surface area contributed by atoms with E-state index in [0.29, 0.717) is 12.1 Å². The lowest BCUT2D eigenvalue weighted by atomic mass is 9.90. The van der Waals surface area contributed by atoms with Crippen molar-refractivity contribution in [3.8, 4) is 5.69 Å². The average molecular weight is 412 g/mol. The molecule has 1 aromatic carbocycles. The number of hydrogen-bond acceptors (Lipinski definition) is 5. The van der Waals surface area contributed by atoms with Crippen LogP contribution in [0.4, 0.5) is 5.82 Å². The van der Waals surface area contributed by atoms with E-state index in [0.717, 1.165) is 61.7 Å². The number of anilines is 1. The summed E-state index contributed by atoms with van der Waals surface area (Å²) in [6.07, 6.45) is 6.72. The van der Waals surface area contributed by atoms with Gasteiger partial charge < -0.3 is 14.6 Å². The Kier molecular flexibility index (Phi) is 5.40. The zero-order chi connectivity index (χ0) is 19.6. The maximum absolute atomic E-state index is 6.23. The summed E-state index contributed by atoms with van der Waals surface area (Å²) >= 11 is 6.23. The second kappa shape index (κ2) is 8.30. The Morgan fingerprint density at radius 1 is 0.966 bits per heavy atom. The molecule has 3 heterocycles. The Bertz CT molecular complexity index is 962. The number of morpholine rings is 1. The highest BCUT2D eigenvalue weighted by Gasteiger charge is 2.27. The van der Waals surface area contributed by atoms with Crippen molar-refractivity contribution in [3.05, 3.63) is 47.9 Å². The molecule has 1 aliphatic carbocycles. The zero-order valence-electron chi connectivity index (χ0n) is 16.4. The summed E-state index contributed by atoms with van der Waals surface area (Å²) in [5.41, 5.74) is 2.93. The van der Waals surface area contributed by atoms with Gasteiger partial charge in [-0.2, -0.15) is 4.98 Å². The third-order valence-corrected chi connectivity index (χ3v) is 6.31. The highest BCUT2D eigenvalue weighted by molar-refractivity contribution is 6.28. The minimum absolute atomic E-state index is 0.285. The molecule has 29 heavy (non-hydrogen) atoms. The van der Waals surface area contributed by atoms with Crippen molar-refractivity contribution in [1.29, 1.82) is 0 Å². The molecule has 152 valence electrons. The molecule has 0 bridgehead atoms. The number of ether oxygens (including phenoxy) is 1. The van der Waals surface area contributed by atoms with Crippen LogP contribution >= 0.6 is 11.6 Å². The van der Waals surface area contributed by atoms with E-state index in [1.807, 2.05) is 30.5 Å². The molecule has 1 saturated heterocycles. The summed E-state index contributed by atoms with van der Waals surface area (Å²) in [7, 11) is 0. The van der Waals surface area contributed by atoms with Crippen LogP contribution in [0.3, 0.4) is 0 Å². The first kappa shape index (κ1) is 18.9. The van der Waals surface area contributed by atoms with Gasteiger partial charge in [-0.3, -0.25) is 4.90 Å². The molecule has 1 aliphatic heterocycles. The summed E-state index contributed by atoms with van der Waals surface area (Å²) in [6.45, 7) is 3.86. The number of rotatable bonds is 4. The van der Waals surface area contributed by atoms with Crippen LogP contribution in [-0.2, 0) is 4.74 Å². The molecule has 2 aromatic heterocycles. The maximum Gasteiger partial charge on any atom is 0.225 e. The van der Waals surface area contributed by atoms with Crippen molar-refractivity contribution in [1.82, 2.24) is 19.4 Å². The number of fused-ring (bicyclic) bond motifs is 1. The van der Waals surface area contributed by atoms with E-state index in [4.69, 9.17) is 16.3 Å². The van der Waals surface area contributed by atoms with E-state index in [1.165, 1.54) is 12.8 Å². The molecule has 7 heteroatoms. The van der Waals surface area contributed by atoms with Crippen LogP contribution in [0.2, 0.25) is 5.28 Å². The van der Waals surface area contributed by atoms with Gasteiger partial charge in [0.15, 0.2) is 5.82 Å². The number of nitrogens with zero attached hydrogens (tertiary/aromatic N) is 4. The second-order valence-electron chi connectivity index (χ2n) is 7.89. The monoisotopic (exact) mass is 411 g/mol. The highest BCUT2D eigenvalue weighted by Crippen LogP contribution is 2.30. The first-order chi connectivity index (χ1) is 14.3. The molecule has 0 radical (unpaired) electrons. The van der Waals surface area contributed by atoms with Gasteiger partial charge in [0.25, 0.3) is 0 Å². The van der Waals surface area contributed by atoms with Crippen molar-refractivity contribution >= 4 is 28.5 Å². The third-order valence-electron chi connectivity index (χ3n) is 6.14. The normalized spacial score (nSPS) is 23.3. The van der Waals surface area contributed by atoms with E-state index in [2.05, 4.69) is 36.9 Å². The first-order valence-corrected chi connectivity index (χ1v) is 10.8. The van der Waals surface area contributed by atoms with Crippen molar-refractivity contribution in [2.45, 2.75) is 37.8 Å². The van der Waals surface area contributed by atoms with Gasteiger partial charge in [-0.05, 0) is 55.5 Å². The van der Waals surface area contributed by atoms with E-state index in [-0.39, 0.29) is 5.28 Å². The van der Waals surface area contributed by atoms with Gasteiger partial charge in [0, 0.05) is 37.1 Å². The fraction of sp³-hybridized carbons (Fsp3) is 0.455. The standard InChI is InChI=1S/C22H26ClN5O/c23-22-25-19-10-11-28(18-4-2-1-3-5-18)20(19)21(26-22)24-16-6-8-17(9-7-16)27-12-14-29-15-13-27/h1-5,10-11,16-17H,6-9,12-15H2,(H,24,25,26). The van der Waals surface area contributed by atoms with Crippen LogP contribution in [0.5, 0.6) is 0 Å². The number of para-hydroxylation sites is 1. The van der Waals surface area contributed by atoms with Crippen LogP contribution in [-0.4, -0.2) is 57.8 Å². The molecule has 2 aliphatic rings. The highest BCUT2D eigenvalue weighted by atomic mass is 35.5. The molecule has 0 unspecified atom stereocenters. The molecule has 5 rings (SSSR count). The van der Waals surface area contributed by atoms with Gasteiger partial charge in [-0.25, -0.2) is 4.98 Å². The van der Waals surface area contributed by atoms with Crippen LogP contribution < -0.4 is 5.32 Å². The van der Waals surface area contributed by atoms with Crippen LogP contribution in [0.1, 0.15) is 25.7 Å². The van der Waals surface area contributed by atoms with Crippen LogP contribution in [0.25, 0.3) is 16.7 Å². The first-order valence-electron chi connectivity index (χ1n) is 10.5. The summed E-state index contributed by atoms with van der Waals surface area (Å²) in [4.78, 5) is 11.6. The lowest BCUT2D eigenvalue weighted by Gasteiger charge is -2.39.